The van der Waals surface area contributed by atoms with Gasteiger partial charge in [0.1, 0.15) is 0 Å². The standard InChI is InChI=1S/C18H23N3O2/c1-13-16(12-19-20(13)2)18(23)21-10-8-15(9-11-21)17(22)14-6-4-3-5-7-14/h3-7,12,15,17,22H,8-11H2,1-2H3. The molecule has 1 atom stereocenters. The maximum atomic E-state index is 12.6. The van der Waals surface area contributed by atoms with Crippen LogP contribution in [0.2, 0.25) is 0 Å². The quantitative estimate of drug-likeness (QED) is 0.946. The minimum atomic E-state index is -0.450. The van der Waals surface area contributed by atoms with Crippen LogP contribution < -0.4 is 0 Å². The van der Waals surface area contributed by atoms with E-state index in [4.69, 9.17) is 0 Å². The summed E-state index contributed by atoms with van der Waals surface area (Å²) in [5.74, 6) is 0.250. The van der Waals surface area contributed by atoms with Gasteiger partial charge in [0.25, 0.3) is 5.91 Å². The second kappa shape index (κ2) is 6.54. The average Bonchev–Trinajstić information content (AvgIpc) is 2.94. The van der Waals surface area contributed by atoms with Crippen molar-refractivity contribution in [2.24, 2.45) is 13.0 Å². The Kier molecular flexibility index (Phi) is 4.48. The molecule has 1 N–H and O–H groups in total. The van der Waals surface area contributed by atoms with Gasteiger partial charge in [0.05, 0.1) is 17.9 Å². The highest BCUT2D eigenvalue weighted by Crippen LogP contribution is 2.31. The number of amides is 1. The van der Waals surface area contributed by atoms with Gasteiger partial charge in [-0.25, -0.2) is 0 Å². The smallest absolute Gasteiger partial charge is 0.257 e. The highest BCUT2D eigenvalue weighted by Gasteiger charge is 2.29. The van der Waals surface area contributed by atoms with Crippen LogP contribution in [0.5, 0.6) is 0 Å². The first-order valence-corrected chi connectivity index (χ1v) is 8.09. The van der Waals surface area contributed by atoms with E-state index in [0.29, 0.717) is 18.7 Å². The fraction of sp³-hybridized carbons (Fsp3) is 0.444. The van der Waals surface area contributed by atoms with Crippen molar-refractivity contribution in [2.75, 3.05) is 13.1 Å². The molecule has 1 unspecified atom stereocenters. The first-order chi connectivity index (χ1) is 11.1. The van der Waals surface area contributed by atoms with Gasteiger partial charge in [-0.1, -0.05) is 30.3 Å². The van der Waals surface area contributed by atoms with Crippen molar-refractivity contribution in [3.8, 4) is 0 Å². The second-order valence-corrected chi connectivity index (χ2v) is 6.25. The van der Waals surface area contributed by atoms with Crippen LogP contribution in [-0.2, 0) is 7.05 Å². The Bertz CT molecular complexity index is 673. The molecule has 1 fully saturated rings. The van der Waals surface area contributed by atoms with E-state index < -0.39 is 6.10 Å². The molecule has 23 heavy (non-hydrogen) atoms. The molecule has 0 bridgehead atoms. The monoisotopic (exact) mass is 313 g/mol. The number of aryl methyl sites for hydroxylation is 1. The first kappa shape index (κ1) is 15.7. The van der Waals surface area contributed by atoms with Crippen molar-refractivity contribution < 1.29 is 9.90 Å². The van der Waals surface area contributed by atoms with E-state index in [9.17, 15) is 9.90 Å². The van der Waals surface area contributed by atoms with E-state index in [2.05, 4.69) is 5.10 Å². The number of aliphatic hydroxyl groups excluding tert-OH is 1. The van der Waals surface area contributed by atoms with E-state index >= 15 is 0 Å². The minimum Gasteiger partial charge on any atom is -0.388 e. The van der Waals surface area contributed by atoms with Crippen LogP contribution in [0.3, 0.4) is 0 Å². The Morgan fingerprint density at radius 3 is 2.48 bits per heavy atom. The van der Waals surface area contributed by atoms with Gasteiger partial charge in [-0.05, 0) is 31.2 Å². The van der Waals surface area contributed by atoms with Gasteiger partial charge < -0.3 is 10.0 Å². The van der Waals surface area contributed by atoms with Gasteiger partial charge in [0.2, 0.25) is 0 Å². The number of hydrogen-bond acceptors (Lipinski definition) is 3. The van der Waals surface area contributed by atoms with Crippen molar-refractivity contribution in [2.45, 2.75) is 25.9 Å². The van der Waals surface area contributed by atoms with E-state index in [1.54, 1.807) is 10.9 Å². The molecule has 0 radical (unpaired) electrons. The maximum absolute atomic E-state index is 12.6. The van der Waals surface area contributed by atoms with Crippen molar-refractivity contribution in [1.82, 2.24) is 14.7 Å². The Labute approximate surface area is 136 Å². The van der Waals surface area contributed by atoms with Crippen LogP contribution in [0.1, 0.15) is 40.6 Å². The largest absolute Gasteiger partial charge is 0.388 e. The summed E-state index contributed by atoms with van der Waals surface area (Å²) in [6, 6.07) is 9.76. The molecule has 1 aromatic heterocycles. The van der Waals surface area contributed by atoms with Crippen molar-refractivity contribution in [1.29, 1.82) is 0 Å². The van der Waals surface area contributed by atoms with Gasteiger partial charge >= 0.3 is 0 Å². The van der Waals surface area contributed by atoms with Crippen LogP contribution >= 0.6 is 0 Å². The third kappa shape index (κ3) is 3.15. The number of nitrogens with zero attached hydrogens (tertiary/aromatic N) is 3. The van der Waals surface area contributed by atoms with E-state index in [0.717, 1.165) is 24.1 Å². The van der Waals surface area contributed by atoms with Crippen molar-refractivity contribution >= 4 is 5.91 Å². The highest BCUT2D eigenvalue weighted by atomic mass is 16.3. The number of piperidine rings is 1. The summed E-state index contributed by atoms with van der Waals surface area (Å²) in [4.78, 5) is 14.5. The molecule has 1 saturated heterocycles. The molecule has 0 aliphatic carbocycles. The molecule has 0 saturated carbocycles. The summed E-state index contributed by atoms with van der Waals surface area (Å²) < 4.78 is 1.72. The lowest BCUT2D eigenvalue weighted by Crippen LogP contribution is -2.40. The number of likely N-dealkylation sites (tertiary alicyclic amines) is 1. The predicted octanol–water partition coefficient (Wildman–Crippen LogP) is 2.31. The maximum Gasteiger partial charge on any atom is 0.257 e. The van der Waals surface area contributed by atoms with Crippen LogP contribution in [0.15, 0.2) is 36.5 Å². The fourth-order valence-electron chi connectivity index (χ4n) is 3.22. The molecule has 3 rings (SSSR count). The molecule has 5 nitrogen and oxygen atoms in total. The SMILES string of the molecule is Cc1c(C(=O)N2CCC(C(O)c3ccccc3)CC2)cnn1C. The normalized spacial score (nSPS) is 17.3. The zero-order valence-electron chi connectivity index (χ0n) is 13.6. The van der Waals surface area contributed by atoms with E-state index in [-0.39, 0.29) is 11.8 Å². The van der Waals surface area contributed by atoms with Gasteiger partial charge in [-0.2, -0.15) is 5.10 Å². The lowest BCUT2D eigenvalue weighted by atomic mass is 9.87. The van der Waals surface area contributed by atoms with Gasteiger partial charge in [0.15, 0.2) is 0 Å². The average molecular weight is 313 g/mol. The number of hydrogen-bond donors (Lipinski definition) is 1. The summed E-state index contributed by atoms with van der Waals surface area (Å²) in [7, 11) is 1.84. The van der Waals surface area contributed by atoms with Crippen LogP contribution in [0, 0.1) is 12.8 Å². The Morgan fingerprint density at radius 2 is 1.91 bits per heavy atom. The molecule has 122 valence electrons. The molecular formula is C18H23N3O2. The highest BCUT2D eigenvalue weighted by molar-refractivity contribution is 5.95. The molecular weight excluding hydrogens is 290 g/mol. The Morgan fingerprint density at radius 1 is 1.26 bits per heavy atom. The first-order valence-electron chi connectivity index (χ1n) is 8.09. The Balaban J connectivity index is 1.62. The van der Waals surface area contributed by atoms with Crippen LogP contribution in [-0.4, -0.2) is 38.8 Å². The molecule has 1 aliphatic heterocycles. The Hall–Kier alpha value is -2.14. The number of rotatable bonds is 3. The predicted molar refractivity (Wildman–Crippen MR) is 88.0 cm³/mol. The van der Waals surface area contributed by atoms with E-state index in [1.807, 2.05) is 49.2 Å². The third-order valence-corrected chi connectivity index (χ3v) is 4.88. The summed E-state index contributed by atoms with van der Waals surface area (Å²) in [6.45, 7) is 3.27. The summed E-state index contributed by atoms with van der Waals surface area (Å²) >= 11 is 0. The number of carbonyl (C=O) groups is 1. The van der Waals surface area contributed by atoms with Crippen molar-refractivity contribution in [3.63, 3.8) is 0 Å². The molecule has 2 aromatic rings. The van der Waals surface area contributed by atoms with Gasteiger partial charge in [0, 0.05) is 25.8 Å². The number of carbonyl (C=O) groups excluding carboxylic acids is 1. The second-order valence-electron chi connectivity index (χ2n) is 6.25. The lowest BCUT2D eigenvalue weighted by Gasteiger charge is -2.34. The third-order valence-electron chi connectivity index (χ3n) is 4.88. The zero-order valence-corrected chi connectivity index (χ0v) is 13.6. The molecule has 1 amide bonds. The molecule has 2 heterocycles. The molecule has 0 spiro atoms. The molecule has 1 aromatic carbocycles. The lowest BCUT2D eigenvalue weighted by molar-refractivity contribution is 0.0462. The molecule has 5 heteroatoms. The van der Waals surface area contributed by atoms with Crippen molar-refractivity contribution in [3.05, 3.63) is 53.3 Å². The fourth-order valence-corrected chi connectivity index (χ4v) is 3.22. The van der Waals surface area contributed by atoms with Crippen LogP contribution in [0.25, 0.3) is 0 Å². The number of aliphatic hydroxyl groups is 1. The minimum absolute atomic E-state index is 0.0447. The topological polar surface area (TPSA) is 58.4 Å². The van der Waals surface area contributed by atoms with Crippen LogP contribution in [0.4, 0.5) is 0 Å². The number of benzene rings is 1. The summed E-state index contributed by atoms with van der Waals surface area (Å²) in [5, 5.41) is 14.7. The number of aromatic nitrogens is 2. The zero-order chi connectivity index (χ0) is 16.4. The van der Waals surface area contributed by atoms with Gasteiger partial charge in [-0.3, -0.25) is 9.48 Å². The summed E-state index contributed by atoms with van der Waals surface area (Å²) in [6.07, 6.45) is 2.83. The molecule has 1 aliphatic rings. The van der Waals surface area contributed by atoms with Gasteiger partial charge in [-0.15, -0.1) is 0 Å². The van der Waals surface area contributed by atoms with E-state index in [1.165, 1.54) is 0 Å². The summed E-state index contributed by atoms with van der Waals surface area (Å²) in [5.41, 5.74) is 2.52.